The van der Waals surface area contributed by atoms with Crippen LogP contribution in [0.1, 0.15) is 12.0 Å². The largest absolute Gasteiger partial charge is 0.326 e. The van der Waals surface area contributed by atoms with Crippen LogP contribution in [-0.2, 0) is 11.3 Å². The number of piperazine rings is 1. The molecule has 1 aliphatic rings. The average molecular weight is 329 g/mol. The number of nitrogens with zero attached hydrogens (tertiary/aromatic N) is 2. The highest BCUT2D eigenvalue weighted by molar-refractivity contribution is 7.07. The van der Waals surface area contributed by atoms with Gasteiger partial charge in [0.2, 0.25) is 5.91 Å². The van der Waals surface area contributed by atoms with E-state index in [1.165, 1.54) is 5.56 Å². The fourth-order valence-corrected chi connectivity index (χ4v) is 3.48. The van der Waals surface area contributed by atoms with Crippen molar-refractivity contribution in [3.05, 3.63) is 52.7 Å². The van der Waals surface area contributed by atoms with Crippen molar-refractivity contribution in [2.75, 3.05) is 38.0 Å². The van der Waals surface area contributed by atoms with E-state index in [0.29, 0.717) is 6.42 Å². The zero-order valence-corrected chi connectivity index (χ0v) is 14.1. The lowest BCUT2D eigenvalue weighted by molar-refractivity contribution is -0.116. The summed E-state index contributed by atoms with van der Waals surface area (Å²) in [6.07, 6.45) is 0.555. The third-order valence-electron chi connectivity index (χ3n) is 4.16. The Hall–Kier alpha value is -1.69. The van der Waals surface area contributed by atoms with Crippen molar-refractivity contribution in [3.63, 3.8) is 0 Å². The summed E-state index contributed by atoms with van der Waals surface area (Å²) >= 11 is 1.76. The Morgan fingerprint density at radius 2 is 1.78 bits per heavy atom. The minimum Gasteiger partial charge on any atom is -0.326 e. The van der Waals surface area contributed by atoms with Crippen molar-refractivity contribution < 1.29 is 4.79 Å². The van der Waals surface area contributed by atoms with Gasteiger partial charge in [-0.15, -0.1) is 0 Å². The molecule has 0 saturated carbocycles. The van der Waals surface area contributed by atoms with E-state index in [1.54, 1.807) is 11.3 Å². The van der Waals surface area contributed by atoms with E-state index in [2.05, 4.69) is 31.9 Å². The first-order valence-electron chi connectivity index (χ1n) is 8.10. The third kappa shape index (κ3) is 5.16. The van der Waals surface area contributed by atoms with Gasteiger partial charge in [0.05, 0.1) is 0 Å². The summed E-state index contributed by atoms with van der Waals surface area (Å²) in [6.45, 7) is 6.13. The van der Waals surface area contributed by atoms with Gasteiger partial charge in [0.25, 0.3) is 0 Å². The molecule has 1 saturated heterocycles. The van der Waals surface area contributed by atoms with Gasteiger partial charge in [0.1, 0.15) is 0 Å². The highest BCUT2D eigenvalue weighted by Crippen LogP contribution is 2.12. The van der Waals surface area contributed by atoms with Crippen LogP contribution in [0.25, 0.3) is 0 Å². The first-order chi connectivity index (χ1) is 11.3. The van der Waals surface area contributed by atoms with E-state index >= 15 is 0 Å². The van der Waals surface area contributed by atoms with Crippen molar-refractivity contribution >= 4 is 22.9 Å². The number of hydrogen-bond donors (Lipinski definition) is 1. The third-order valence-corrected chi connectivity index (χ3v) is 4.90. The second-order valence-electron chi connectivity index (χ2n) is 5.91. The fraction of sp³-hybridized carbons (Fsp3) is 0.389. The Labute approximate surface area is 141 Å². The molecule has 1 aromatic heterocycles. The molecule has 3 rings (SSSR count). The molecule has 1 aromatic carbocycles. The molecule has 0 radical (unpaired) electrons. The molecule has 0 spiro atoms. The van der Waals surface area contributed by atoms with Gasteiger partial charge < -0.3 is 10.2 Å². The molecule has 0 aliphatic carbocycles. The number of anilines is 1. The van der Waals surface area contributed by atoms with E-state index in [-0.39, 0.29) is 5.91 Å². The lowest BCUT2D eigenvalue weighted by atomic mass is 10.2. The second-order valence-corrected chi connectivity index (χ2v) is 6.69. The van der Waals surface area contributed by atoms with Gasteiger partial charge in [0, 0.05) is 51.4 Å². The van der Waals surface area contributed by atoms with Gasteiger partial charge in [-0.3, -0.25) is 9.69 Å². The lowest BCUT2D eigenvalue weighted by Gasteiger charge is -2.34. The highest BCUT2D eigenvalue weighted by atomic mass is 32.1. The molecule has 5 heteroatoms. The molecule has 122 valence electrons. The van der Waals surface area contributed by atoms with Crippen molar-refractivity contribution in [1.29, 1.82) is 0 Å². The number of rotatable bonds is 6. The number of carbonyl (C=O) groups excluding carboxylic acids is 1. The maximum atomic E-state index is 12.0. The van der Waals surface area contributed by atoms with Crippen LogP contribution in [0, 0.1) is 0 Å². The second kappa shape index (κ2) is 8.24. The topological polar surface area (TPSA) is 35.6 Å². The number of benzene rings is 1. The van der Waals surface area contributed by atoms with E-state index in [1.807, 2.05) is 30.3 Å². The fourth-order valence-electron chi connectivity index (χ4n) is 2.82. The quantitative estimate of drug-likeness (QED) is 0.885. The van der Waals surface area contributed by atoms with Crippen molar-refractivity contribution in [1.82, 2.24) is 9.80 Å². The number of para-hydroxylation sites is 1. The normalized spacial score (nSPS) is 16.3. The zero-order chi connectivity index (χ0) is 15.9. The number of hydrogen-bond acceptors (Lipinski definition) is 4. The standard InChI is InChI=1S/C18H23N3OS/c22-18(19-17-4-2-1-3-5-17)6-8-20-9-11-21(12-10-20)14-16-7-13-23-15-16/h1-5,7,13,15H,6,8-12,14H2,(H,19,22). The predicted molar refractivity (Wildman–Crippen MR) is 95.7 cm³/mol. The maximum Gasteiger partial charge on any atom is 0.225 e. The summed E-state index contributed by atoms with van der Waals surface area (Å²) in [5.41, 5.74) is 2.28. The minimum atomic E-state index is 0.0944. The van der Waals surface area contributed by atoms with Crippen LogP contribution in [0.15, 0.2) is 47.2 Å². The molecule has 2 aromatic rings. The van der Waals surface area contributed by atoms with Crippen LogP contribution >= 0.6 is 11.3 Å². The van der Waals surface area contributed by atoms with Crippen LogP contribution in [0.4, 0.5) is 5.69 Å². The van der Waals surface area contributed by atoms with E-state index in [0.717, 1.165) is 45.0 Å². The Bertz CT molecular complexity index is 592. The molecular formula is C18H23N3OS. The Balaban J connectivity index is 1.35. The van der Waals surface area contributed by atoms with Gasteiger partial charge >= 0.3 is 0 Å². The Morgan fingerprint density at radius 1 is 1.04 bits per heavy atom. The summed E-state index contributed by atoms with van der Waals surface area (Å²) in [6, 6.07) is 11.9. The summed E-state index contributed by atoms with van der Waals surface area (Å²) < 4.78 is 0. The molecule has 1 fully saturated rings. The SMILES string of the molecule is O=C(CCN1CCN(Cc2ccsc2)CC1)Nc1ccccc1. The highest BCUT2D eigenvalue weighted by Gasteiger charge is 2.17. The molecule has 0 unspecified atom stereocenters. The van der Waals surface area contributed by atoms with Gasteiger partial charge in [-0.25, -0.2) is 0 Å². The summed E-state index contributed by atoms with van der Waals surface area (Å²) in [4.78, 5) is 16.9. The van der Waals surface area contributed by atoms with Crippen LogP contribution in [0.3, 0.4) is 0 Å². The summed E-state index contributed by atoms with van der Waals surface area (Å²) in [5.74, 6) is 0.0944. The molecule has 4 nitrogen and oxygen atoms in total. The van der Waals surface area contributed by atoms with Crippen molar-refractivity contribution in [3.8, 4) is 0 Å². The number of nitrogens with one attached hydrogen (secondary N) is 1. The molecule has 2 heterocycles. The van der Waals surface area contributed by atoms with E-state index in [4.69, 9.17) is 0 Å². The van der Waals surface area contributed by atoms with Crippen molar-refractivity contribution in [2.24, 2.45) is 0 Å². The van der Waals surface area contributed by atoms with Gasteiger partial charge in [0.15, 0.2) is 0 Å². The monoisotopic (exact) mass is 329 g/mol. The lowest BCUT2D eigenvalue weighted by Crippen LogP contribution is -2.46. The molecular weight excluding hydrogens is 306 g/mol. The smallest absolute Gasteiger partial charge is 0.225 e. The van der Waals surface area contributed by atoms with Crippen LogP contribution in [-0.4, -0.2) is 48.4 Å². The van der Waals surface area contributed by atoms with Crippen LogP contribution < -0.4 is 5.32 Å². The van der Waals surface area contributed by atoms with Gasteiger partial charge in [-0.2, -0.15) is 11.3 Å². The average Bonchev–Trinajstić information content (AvgIpc) is 3.08. The molecule has 1 N–H and O–H groups in total. The number of thiophene rings is 1. The molecule has 0 bridgehead atoms. The van der Waals surface area contributed by atoms with Crippen molar-refractivity contribution in [2.45, 2.75) is 13.0 Å². The zero-order valence-electron chi connectivity index (χ0n) is 13.3. The van der Waals surface area contributed by atoms with E-state index in [9.17, 15) is 4.79 Å². The maximum absolute atomic E-state index is 12.0. The molecule has 1 amide bonds. The molecule has 1 aliphatic heterocycles. The van der Waals surface area contributed by atoms with Crippen LogP contribution in [0.5, 0.6) is 0 Å². The van der Waals surface area contributed by atoms with E-state index < -0.39 is 0 Å². The summed E-state index contributed by atoms with van der Waals surface area (Å²) in [5, 5.41) is 7.30. The predicted octanol–water partition coefficient (Wildman–Crippen LogP) is 2.89. The minimum absolute atomic E-state index is 0.0944. The number of amides is 1. The van der Waals surface area contributed by atoms with Gasteiger partial charge in [-0.1, -0.05) is 18.2 Å². The number of carbonyl (C=O) groups is 1. The Morgan fingerprint density at radius 3 is 2.48 bits per heavy atom. The first kappa shape index (κ1) is 16.2. The molecule has 0 atom stereocenters. The first-order valence-corrected chi connectivity index (χ1v) is 9.04. The Kier molecular flexibility index (Phi) is 5.80. The van der Waals surface area contributed by atoms with Gasteiger partial charge in [-0.05, 0) is 34.5 Å². The summed E-state index contributed by atoms with van der Waals surface area (Å²) in [7, 11) is 0. The van der Waals surface area contributed by atoms with Crippen LogP contribution in [0.2, 0.25) is 0 Å². The molecule has 23 heavy (non-hydrogen) atoms.